The van der Waals surface area contributed by atoms with E-state index < -0.39 is 0 Å². The number of anilines is 1. The number of hydrogen-bond donors (Lipinski definition) is 2. The molecule has 2 aromatic rings. The number of carbonyl (C=O) groups excluding carboxylic acids is 1. The SMILES string of the molecule is CCNC(=O)c1ccc(Oc2ccc(C#N)cc2)c(N)c1. The molecule has 0 atom stereocenters. The lowest BCUT2D eigenvalue weighted by Crippen LogP contribution is -2.22. The lowest BCUT2D eigenvalue weighted by molar-refractivity contribution is 0.0956. The van der Waals surface area contributed by atoms with Crippen LogP contribution >= 0.6 is 0 Å². The van der Waals surface area contributed by atoms with E-state index >= 15 is 0 Å². The number of nitrogens with two attached hydrogens (primary N) is 1. The van der Waals surface area contributed by atoms with Crippen molar-refractivity contribution in [2.24, 2.45) is 0 Å². The van der Waals surface area contributed by atoms with Crippen molar-refractivity contribution in [3.05, 3.63) is 53.6 Å². The van der Waals surface area contributed by atoms with E-state index in [1.165, 1.54) is 0 Å². The van der Waals surface area contributed by atoms with E-state index in [2.05, 4.69) is 5.32 Å². The monoisotopic (exact) mass is 281 g/mol. The molecule has 5 nitrogen and oxygen atoms in total. The van der Waals surface area contributed by atoms with Gasteiger partial charge < -0.3 is 15.8 Å². The predicted octanol–water partition coefficient (Wildman–Crippen LogP) is 2.68. The average Bonchev–Trinajstić information content (AvgIpc) is 2.50. The van der Waals surface area contributed by atoms with Crippen LogP contribution in [0.5, 0.6) is 11.5 Å². The third-order valence-corrected chi connectivity index (χ3v) is 2.82. The first-order chi connectivity index (χ1) is 10.1. The highest BCUT2D eigenvalue weighted by Gasteiger charge is 2.08. The summed E-state index contributed by atoms with van der Waals surface area (Å²) in [5, 5.41) is 11.4. The van der Waals surface area contributed by atoms with Crippen molar-refractivity contribution in [1.82, 2.24) is 5.32 Å². The zero-order valence-electron chi connectivity index (χ0n) is 11.6. The van der Waals surface area contributed by atoms with Gasteiger partial charge in [-0.3, -0.25) is 4.79 Å². The first-order valence-corrected chi connectivity index (χ1v) is 6.49. The molecule has 0 aromatic heterocycles. The topological polar surface area (TPSA) is 88.1 Å². The third-order valence-electron chi connectivity index (χ3n) is 2.82. The Morgan fingerprint density at radius 2 is 2.00 bits per heavy atom. The Bertz CT molecular complexity index is 688. The summed E-state index contributed by atoms with van der Waals surface area (Å²) in [6.07, 6.45) is 0. The minimum absolute atomic E-state index is 0.172. The molecule has 106 valence electrons. The first-order valence-electron chi connectivity index (χ1n) is 6.49. The Balaban J connectivity index is 2.17. The van der Waals surface area contributed by atoms with Gasteiger partial charge in [0.15, 0.2) is 0 Å². The van der Waals surface area contributed by atoms with E-state index in [1.807, 2.05) is 13.0 Å². The highest BCUT2D eigenvalue weighted by molar-refractivity contribution is 5.95. The van der Waals surface area contributed by atoms with Crippen LogP contribution in [0.15, 0.2) is 42.5 Å². The lowest BCUT2D eigenvalue weighted by Gasteiger charge is -2.10. The summed E-state index contributed by atoms with van der Waals surface area (Å²) >= 11 is 0. The number of hydrogen-bond acceptors (Lipinski definition) is 4. The number of nitrogens with zero attached hydrogens (tertiary/aromatic N) is 1. The lowest BCUT2D eigenvalue weighted by atomic mass is 10.1. The number of benzene rings is 2. The average molecular weight is 281 g/mol. The first kappa shape index (κ1) is 14.4. The van der Waals surface area contributed by atoms with Gasteiger partial charge in [-0.05, 0) is 49.4 Å². The van der Waals surface area contributed by atoms with E-state index in [9.17, 15) is 4.79 Å². The Hall–Kier alpha value is -3.00. The second kappa shape index (κ2) is 6.44. The van der Waals surface area contributed by atoms with Crippen LogP contribution < -0.4 is 15.8 Å². The zero-order valence-corrected chi connectivity index (χ0v) is 11.6. The summed E-state index contributed by atoms with van der Waals surface area (Å²) in [7, 11) is 0. The molecule has 5 heteroatoms. The molecule has 2 aromatic carbocycles. The Morgan fingerprint density at radius 1 is 1.29 bits per heavy atom. The van der Waals surface area contributed by atoms with Gasteiger partial charge >= 0.3 is 0 Å². The fourth-order valence-corrected chi connectivity index (χ4v) is 1.77. The van der Waals surface area contributed by atoms with Crippen molar-refractivity contribution in [1.29, 1.82) is 5.26 Å². The van der Waals surface area contributed by atoms with Gasteiger partial charge in [-0.1, -0.05) is 0 Å². The Morgan fingerprint density at radius 3 is 2.57 bits per heavy atom. The Labute approximate surface area is 123 Å². The molecule has 0 bridgehead atoms. The second-order valence-corrected chi connectivity index (χ2v) is 4.35. The van der Waals surface area contributed by atoms with E-state index in [-0.39, 0.29) is 5.91 Å². The molecule has 1 amide bonds. The number of ether oxygens (including phenoxy) is 1. The molecular formula is C16H15N3O2. The van der Waals surface area contributed by atoms with Gasteiger partial charge in [0.2, 0.25) is 0 Å². The minimum atomic E-state index is -0.172. The van der Waals surface area contributed by atoms with E-state index in [0.29, 0.717) is 34.9 Å². The van der Waals surface area contributed by atoms with Crippen LogP contribution in [0.4, 0.5) is 5.69 Å². The van der Waals surface area contributed by atoms with Crippen LogP contribution in [0.2, 0.25) is 0 Å². The maximum atomic E-state index is 11.7. The smallest absolute Gasteiger partial charge is 0.251 e. The standard InChI is InChI=1S/C16H15N3O2/c1-2-19-16(20)12-5-8-15(14(18)9-12)21-13-6-3-11(10-17)4-7-13/h3-9H,2,18H2,1H3,(H,19,20). The fraction of sp³-hybridized carbons (Fsp3) is 0.125. The number of carbonyl (C=O) groups is 1. The summed E-state index contributed by atoms with van der Waals surface area (Å²) in [5.74, 6) is 0.869. The van der Waals surface area contributed by atoms with Gasteiger partial charge in [0.05, 0.1) is 17.3 Å². The molecule has 0 radical (unpaired) electrons. The van der Waals surface area contributed by atoms with Crippen molar-refractivity contribution in [2.75, 3.05) is 12.3 Å². The molecule has 0 unspecified atom stereocenters. The normalized spacial score (nSPS) is 9.71. The van der Waals surface area contributed by atoms with Crippen molar-refractivity contribution in [3.8, 4) is 17.6 Å². The molecule has 21 heavy (non-hydrogen) atoms. The summed E-state index contributed by atoms with van der Waals surface area (Å²) in [6, 6.07) is 13.6. The summed E-state index contributed by atoms with van der Waals surface area (Å²) in [5.41, 5.74) is 7.32. The maximum absolute atomic E-state index is 11.7. The highest BCUT2D eigenvalue weighted by Crippen LogP contribution is 2.28. The van der Waals surface area contributed by atoms with E-state index in [0.717, 1.165) is 0 Å². The van der Waals surface area contributed by atoms with Gasteiger partial charge in [-0.2, -0.15) is 5.26 Å². The number of nitrogen functional groups attached to an aromatic ring is 1. The molecule has 0 spiro atoms. The van der Waals surface area contributed by atoms with Gasteiger partial charge in [-0.15, -0.1) is 0 Å². The van der Waals surface area contributed by atoms with Gasteiger partial charge in [0.1, 0.15) is 11.5 Å². The van der Waals surface area contributed by atoms with Gasteiger partial charge in [0, 0.05) is 12.1 Å². The summed E-state index contributed by atoms with van der Waals surface area (Å²) < 4.78 is 5.64. The minimum Gasteiger partial charge on any atom is -0.455 e. The molecule has 3 N–H and O–H groups in total. The molecule has 0 aliphatic carbocycles. The molecule has 0 saturated carbocycles. The molecule has 0 fully saturated rings. The largest absolute Gasteiger partial charge is 0.455 e. The fourth-order valence-electron chi connectivity index (χ4n) is 1.77. The summed E-state index contributed by atoms with van der Waals surface area (Å²) in [4.78, 5) is 11.7. The van der Waals surface area contributed by atoms with Crippen LogP contribution in [0.3, 0.4) is 0 Å². The third kappa shape index (κ3) is 3.51. The zero-order chi connectivity index (χ0) is 15.2. The van der Waals surface area contributed by atoms with E-state index in [1.54, 1.807) is 42.5 Å². The van der Waals surface area contributed by atoms with Crippen LogP contribution in [-0.4, -0.2) is 12.5 Å². The van der Waals surface area contributed by atoms with Crippen molar-refractivity contribution in [2.45, 2.75) is 6.92 Å². The van der Waals surface area contributed by atoms with Crippen LogP contribution in [-0.2, 0) is 0 Å². The Kier molecular flexibility index (Phi) is 4.42. The van der Waals surface area contributed by atoms with Crippen LogP contribution in [0.25, 0.3) is 0 Å². The number of amides is 1. The van der Waals surface area contributed by atoms with Crippen molar-refractivity contribution in [3.63, 3.8) is 0 Å². The molecule has 0 aliphatic heterocycles. The van der Waals surface area contributed by atoms with Crippen LogP contribution in [0.1, 0.15) is 22.8 Å². The number of nitriles is 1. The summed E-state index contributed by atoms with van der Waals surface area (Å²) in [6.45, 7) is 2.41. The molecular weight excluding hydrogens is 266 g/mol. The highest BCUT2D eigenvalue weighted by atomic mass is 16.5. The van der Waals surface area contributed by atoms with Crippen molar-refractivity contribution >= 4 is 11.6 Å². The molecule has 0 saturated heterocycles. The number of nitrogens with one attached hydrogen (secondary N) is 1. The van der Waals surface area contributed by atoms with E-state index in [4.69, 9.17) is 15.7 Å². The van der Waals surface area contributed by atoms with Gasteiger partial charge in [-0.25, -0.2) is 0 Å². The quantitative estimate of drug-likeness (QED) is 0.843. The predicted molar refractivity (Wildman–Crippen MR) is 80.1 cm³/mol. The molecule has 2 rings (SSSR count). The molecule has 0 aliphatic rings. The number of rotatable bonds is 4. The van der Waals surface area contributed by atoms with Crippen LogP contribution in [0, 0.1) is 11.3 Å². The molecule has 0 heterocycles. The second-order valence-electron chi connectivity index (χ2n) is 4.35. The van der Waals surface area contributed by atoms with Gasteiger partial charge in [0.25, 0.3) is 5.91 Å². The maximum Gasteiger partial charge on any atom is 0.251 e. The van der Waals surface area contributed by atoms with Crippen molar-refractivity contribution < 1.29 is 9.53 Å².